The van der Waals surface area contributed by atoms with E-state index in [-0.39, 0.29) is 5.41 Å². The molecule has 1 aliphatic heterocycles. The minimum Gasteiger partial charge on any atom is -0.379 e. The van der Waals surface area contributed by atoms with Gasteiger partial charge in [-0.1, -0.05) is 25.9 Å². The minimum atomic E-state index is 0.106. The van der Waals surface area contributed by atoms with E-state index >= 15 is 0 Å². The molecule has 3 atom stereocenters. The monoisotopic (exact) mass is 304 g/mol. The van der Waals surface area contributed by atoms with Gasteiger partial charge in [0.25, 0.3) is 0 Å². The third-order valence-electron chi connectivity index (χ3n) is 6.59. The summed E-state index contributed by atoms with van der Waals surface area (Å²) >= 11 is 0. The molecule has 1 aromatic heterocycles. The molecule has 0 spiro atoms. The van der Waals surface area contributed by atoms with E-state index in [0.717, 1.165) is 44.5 Å². The Hall–Kier alpha value is -0.870. The molecule has 0 amide bonds. The molecule has 4 rings (SSSR count). The zero-order valence-corrected chi connectivity index (χ0v) is 14.1. The highest BCUT2D eigenvalue weighted by molar-refractivity contribution is 5.30. The van der Waals surface area contributed by atoms with E-state index in [1.165, 1.54) is 24.8 Å². The van der Waals surface area contributed by atoms with Gasteiger partial charge in [-0.2, -0.15) is 0 Å². The van der Waals surface area contributed by atoms with Crippen molar-refractivity contribution < 1.29 is 9.26 Å². The van der Waals surface area contributed by atoms with Crippen molar-refractivity contribution in [2.24, 2.45) is 11.3 Å². The molecule has 2 heterocycles. The fourth-order valence-electron chi connectivity index (χ4n) is 5.68. The number of hydrogen-bond donors (Lipinski definition) is 0. The Labute approximate surface area is 133 Å². The Kier molecular flexibility index (Phi) is 3.39. The number of aromatic nitrogens is 1. The van der Waals surface area contributed by atoms with Gasteiger partial charge in [0.05, 0.1) is 19.4 Å². The van der Waals surface area contributed by atoms with Crippen LogP contribution in [0, 0.1) is 11.3 Å². The van der Waals surface area contributed by atoms with E-state index in [0.29, 0.717) is 11.3 Å². The molecule has 2 aliphatic carbocycles. The van der Waals surface area contributed by atoms with Crippen molar-refractivity contribution in [2.75, 3.05) is 26.3 Å². The third-order valence-corrected chi connectivity index (χ3v) is 6.59. The molecule has 0 unspecified atom stereocenters. The van der Waals surface area contributed by atoms with Crippen molar-refractivity contribution in [2.45, 2.75) is 57.9 Å². The summed E-state index contributed by atoms with van der Waals surface area (Å²) in [7, 11) is 0. The normalized spacial score (nSPS) is 38.3. The first kappa shape index (κ1) is 14.7. The maximum absolute atomic E-state index is 5.63. The molecule has 2 fully saturated rings. The molecule has 4 heteroatoms. The molecule has 0 radical (unpaired) electrons. The summed E-state index contributed by atoms with van der Waals surface area (Å²) in [6, 6.07) is 0.724. The van der Waals surface area contributed by atoms with Crippen LogP contribution in [0.1, 0.15) is 51.4 Å². The Balaban J connectivity index is 1.61. The lowest BCUT2D eigenvalue weighted by Gasteiger charge is -2.55. The number of rotatable bonds is 1. The Morgan fingerprint density at radius 1 is 1.18 bits per heavy atom. The van der Waals surface area contributed by atoms with Gasteiger partial charge in [0.1, 0.15) is 5.76 Å². The van der Waals surface area contributed by atoms with Gasteiger partial charge in [0, 0.05) is 30.1 Å². The summed E-state index contributed by atoms with van der Waals surface area (Å²) in [6.07, 6.45) is 6.99. The van der Waals surface area contributed by atoms with Crippen molar-refractivity contribution in [3.05, 3.63) is 17.5 Å². The first-order valence-electron chi connectivity index (χ1n) is 8.76. The predicted molar refractivity (Wildman–Crippen MR) is 84.9 cm³/mol. The van der Waals surface area contributed by atoms with E-state index < -0.39 is 0 Å². The van der Waals surface area contributed by atoms with Crippen LogP contribution in [-0.2, 0) is 16.6 Å². The molecule has 1 saturated carbocycles. The molecule has 0 bridgehead atoms. The largest absolute Gasteiger partial charge is 0.379 e. The number of fused-ring (bicyclic) bond motifs is 2. The second-order valence-corrected chi connectivity index (χ2v) is 8.37. The SMILES string of the molecule is CC1(C)c2oncc2C[C@]2(C)C[C@@H](N3CCOCC3)CC[C@@H]12. The smallest absolute Gasteiger partial charge is 0.145 e. The molecule has 122 valence electrons. The highest BCUT2D eigenvalue weighted by Crippen LogP contribution is 2.57. The Morgan fingerprint density at radius 2 is 1.95 bits per heavy atom. The number of hydrogen-bond acceptors (Lipinski definition) is 4. The fraction of sp³-hybridized carbons (Fsp3) is 0.833. The fourth-order valence-corrected chi connectivity index (χ4v) is 5.68. The third kappa shape index (κ3) is 2.15. The van der Waals surface area contributed by atoms with E-state index in [4.69, 9.17) is 9.26 Å². The zero-order chi connectivity index (χ0) is 15.4. The van der Waals surface area contributed by atoms with Gasteiger partial charge in [-0.25, -0.2) is 0 Å². The average Bonchev–Trinajstić information content (AvgIpc) is 2.96. The van der Waals surface area contributed by atoms with Crippen molar-refractivity contribution >= 4 is 0 Å². The van der Waals surface area contributed by atoms with E-state index in [9.17, 15) is 0 Å². The van der Waals surface area contributed by atoms with Gasteiger partial charge in [0.15, 0.2) is 0 Å². The number of ether oxygens (including phenoxy) is 1. The first-order valence-corrected chi connectivity index (χ1v) is 8.76. The number of nitrogens with zero attached hydrogens (tertiary/aromatic N) is 2. The summed E-state index contributed by atoms with van der Waals surface area (Å²) < 4.78 is 11.2. The number of morpholine rings is 1. The molecule has 0 aromatic carbocycles. The van der Waals surface area contributed by atoms with Crippen LogP contribution >= 0.6 is 0 Å². The lowest BCUT2D eigenvalue weighted by molar-refractivity contribution is -0.0454. The van der Waals surface area contributed by atoms with Crippen LogP contribution in [0.2, 0.25) is 0 Å². The summed E-state index contributed by atoms with van der Waals surface area (Å²) in [5, 5.41) is 4.10. The van der Waals surface area contributed by atoms with E-state index in [2.05, 4.69) is 30.8 Å². The van der Waals surface area contributed by atoms with Gasteiger partial charge >= 0.3 is 0 Å². The Bertz CT molecular complexity index is 547. The summed E-state index contributed by atoms with van der Waals surface area (Å²) in [6.45, 7) is 11.2. The van der Waals surface area contributed by atoms with Crippen LogP contribution in [0.4, 0.5) is 0 Å². The first-order chi connectivity index (χ1) is 10.5. The lowest BCUT2D eigenvalue weighted by Crippen LogP contribution is -2.55. The second-order valence-electron chi connectivity index (χ2n) is 8.37. The molecule has 1 aromatic rings. The molecular weight excluding hydrogens is 276 g/mol. The van der Waals surface area contributed by atoms with Crippen LogP contribution in [0.15, 0.2) is 10.7 Å². The van der Waals surface area contributed by atoms with Gasteiger partial charge < -0.3 is 9.26 Å². The highest BCUT2D eigenvalue weighted by atomic mass is 16.5. The van der Waals surface area contributed by atoms with Crippen molar-refractivity contribution in [3.8, 4) is 0 Å². The second kappa shape index (κ2) is 5.07. The van der Waals surface area contributed by atoms with Gasteiger partial charge in [-0.15, -0.1) is 0 Å². The average molecular weight is 304 g/mol. The van der Waals surface area contributed by atoms with Crippen molar-refractivity contribution in [1.82, 2.24) is 10.1 Å². The highest BCUT2D eigenvalue weighted by Gasteiger charge is 2.54. The maximum Gasteiger partial charge on any atom is 0.145 e. The summed E-state index contributed by atoms with van der Waals surface area (Å²) in [4.78, 5) is 2.67. The minimum absolute atomic E-state index is 0.106. The summed E-state index contributed by atoms with van der Waals surface area (Å²) in [5.41, 5.74) is 1.81. The van der Waals surface area contributed by atoms with E-state index in [1.807, 2.05) is 6.20 Å². The van der Waals surface area contributed by atoms with Crippen LogP contribution < -0.4 is 0 Å². The van der Waals surface area contributed by atoms with Crippen LogP contribution in [-0.4, -0.2) is 42.4 Å². The topological polar surface area (TPSA) is 38.5 Å². The predicted octanol–water partition coefficient (Wildman–Crippen LogP) is 3.02. The maximum atomic E-state index is 5.63. The lowest BCUT2D eigenvalue weighted by atomic mass is 9.51. The standard InChI is InChI=1S/C18H28N2O2/c1-17(2)15-5-4-14(20-6-8-21-9-7-20)11-18(15,3)10-13-12-19-22-16(13)17/h12,14-15H,4-11H2,1-3H3/t14-,15-,18+/m0/s1. The van der Waals surface area contributed by atoms with Crippen LogP contribution in [0.3, 0.4) is 0 Å². The zero-order valence-electron chi connectivity index (χ0n) is 14.1. The molecule has 22 heavy (non-hydrogen) atoms. The molecule has 0 N–H and O–H groups in total. The van der Waals surface area contributed by atoms with Gasteiger partial charge in [-0.05, 0) is 37.0 Å². The van der Waals surface area contributed by atoms with Crippen LogP contribution in [0.5, 0.6) is 0 Å². The van der Waals surface area contributed by atoms with Crippen molar-refractivity contribution in [3.63, 3.8) is 0 Å². The van der Waals surface area contributed by atoms with E-state index in [1.54, 1.807) is 0 Å². The molecule has 1 saturated heterocycles. The summed E-state index contributed by atoms with van der Waals surface area (Å²) in [5.74, 6) is 1.83. The molecule has 3 aliphatic rings. The van der Waals surface area contributed by atoms with Gasteiger partial charge in [0.2, 0.25) is 0 Å². The van der Waals surface area contributed by atoms with Crippen molar-refractivity contribution in [1.29, 1.82) is 0 Å². The Morgan fingerprint density at radius 3 is 2.73 bits per heavy atom. The van der Waals surface area contributed by atoms with Gasteiger partial charge in [-0.3, -0.25) is 4.90 Å². The molecule has 4 nitrogen and oxygen atoms in total. The quantitative estimate of drug-likeness (QED) is 0.799. The van der Waals surface area contributed by atoms with Crippen LogP contribution in [0.25, 0.3) is 0 Å². The molecular formula is C18H28N2O2.